The maximum absolute atomic E-state index is 6.23. The number of nitrogens with zero attached hydrogens (tertiary/aromatic N) is 1. The summed E-state index contributed by atoms with van der Waals surface area (Å²) in [6.07, 6.45) is 3.61. The molecule has 0 atom stereocenters. The minimum Gasteiger partial charge on any atom is -0.489 e. The Bertz CT molecular complexity index is 588. The van der Waals surface area contributed by atoms with Gasteiger partial charge >= 0.3 is 0 Å². The number of ether oxygens (including phenoxy) is 1. The summed E-state index contributed by atoms with van der Waals surface area (Å²) in [6.45, 7) is 5.32. The monoisotopic (exact) mass is 324 g/mol. The van der Waals surface area contributed by atoms with Crippen molar-refractivity contribution < 1.29 is 4.74 Å². The van der Waals surface area contributed by atoms with Crippen LogP contribution in [0, 0.1) is 0 Å². The van der Waals surface area contributed by atoms with Crippen LogP contribution >= 0.6 is 23.2 Å². The second-order valence-electron chi connectivity index (χ2n) is 5.00. The molecule has 3 nitrogen and oxygen atoms in total. The molecule has 5 heteroatoms. The molecule has 0 saturated heterocycles. The van der Waals surface area contributed by atoms with E-state index in [2.05, 4.69) is 10.3 Å². The van der Waals surface area contributed by atoms with Crippen molar-refractivity contribution in [3.63, 3.8) is 0 Å². The van der Waals surface area contributed by atoms with Crippen molar-refractivity contribution in [1.82, 2.24) is 10.3 Å². The van der Waals surface area contributed by atoms with E-state index in [1.807, 2.05) is 32.0 Å². The highest BCUT2D eigenvalue weighted by molar-refractivity contribution is 6.35. The minimum absolute atomic E-state index is 0.0580. The number of pyridine rings is 1. The lowest BCUT2D eigenvalue weighted by atomic mass is 10.2. The summed E-state index contributed by atoms with van der Waals surface area (Å²) in [6, 6.07) is 7.53. The lowest BCUT2D eigenvalue weighted by Crippen LogP contribution is -2.15. The zero-order valence-corrected chi connectivity index (χ0v) is 13.6. The molecule has 0 bridgehead atoms. The van der Waals surface area contributed by atoms with E-state index in [4.69, 9.17) is 27.9 Å². The highest BCUT2D eigenvalue weighted by Crippen LogP contribution is 2.33. The Kier molecular flexibility index (Phi) is 5.85. The second kappa shape index (κ2) is 7.64. The molecule has 2 rings (SSSR count). The second-order valence-corrected chi connectivity index (χ2v) is 5.85. The van der Waals surface area contributed by atoms with Gasteiger partial charge in [0.15, 0.2) is 0 Å². The number of hydrogen-bond acceptors (Lipinski definition) is 3. The first-order valence-electron chi connectivity index (χ1n) is 6.80. The van der Waals surface area contributed by atoms with Crippen LogP contribution in [0.2, 0.25) is 10.0 Å². The van der Waals surface area contributed by atoms with Gasteiger partial charge in [-0.1, -0.05) is 23.2 Å². The Morgan fingerprint density at radius 3 is 2.52 bits per heavy atom. The fraction of sp³-hybridized carbons (Fsp3) is 0.312. The zero-order valence-electron chi connectivity index (χ0n) is 12.1. The standard InChI is InChI=1S/C16H18Cl2N2O/c1-11(2)21-16-13(7-14(17)8-15(16)18)10-20-9-12-3-5-19-6-4-12/h3-8,11,20H,9-10H2,1-2H3. The first-order valence-corrected chi connectivity index (χ1v) is 7.56. The molecule has 2 aromatic rings. The van der Waals surface area contributed by atoms with Gasteiger partial charge < -0.3 is 10.1 Å². The molecule has 0 radical (unpaired) electrons. The molecule has 21 heavy (non-hydrogen) atoms. The summed E-state index contributed by atoms with van der Waals surface area (Å²) in [5, 5.41) is 4.51. The first-order chi connectivity index (χ1) is 10.1. The molecule has 1 heterocycles. The summed E-state index contributed by atoms with van der Waals surface area (Å²) in [5.74, 6) is 0.693. The van der Waals surface area contributed by atoms with E-state index < -0.39 is 0 Å². The van der Waals surface area contributed by atoms with Gasteiger partial charge in [0, 0.05) is 36.1 Å². The molecule has 0 aliphatic heterocycles. The Labute approximate surface area is 135 Å². The molecular weight excluding hydrogens is 307 g/mol. The summed E-state index contributed by atoms with van der Waals surface area (Å²) in [4.78, 5) is 4.00. The van der Waals surface area contributed by atoms with Crippen molar-refractivity contribution in [3.05, 3.63) is 57.8 Å². The SMILES string of the molecule is CC(C)Oc1c(Cl)cc(Cl)cc1CNCc1ccncc1. The normalized spacial score (nSPS) is 10.9. The van der Waals surface area contributed by atoms with Crippen LogP contribution in [-0.4, -0.2) is 11.1 Å². The zero-order chi connectivity index (χ0) is 15.2. The van der Waals surface area contributed by atoms with Gasteiger partial charge in [0.2, 0.25) is 0 Å². The molecule has 112 valence electrons. The Balaban J connectivity index is 2.07. The third kappa shape index (κ3) is 4.88. The first kappa shape index (κ1) is 16.1. The quantitative estimate of drug-likeness (QED) is 0.851. The van der Waals surface area contributed by atoms with Gasteiger partial charge in [0.1, 0.15) is 5.75 Å². The van der Waals surface area contributed by atoms with Crippen molar-refractivity contribution in [1.29, 1.82) is 0 Å². The molecule has 1 aromatic carbocycles. The molecular formula is C16H18Cl2N2O. The van der Waals surface area contributed by atoms with Crippen LogP contribution < -0.4 is 10.1 Å². The van der Waals surface area contributed by atoms with E-state index >= 15 is 0 Å². The van der Waals surface area contributed by atoms with Crippen LogP contribution in [-0.2, 0) is 13.1 Å². The van der Waals surface area contributed by atoms with Crippen molar-refractivity contribution in [2.45, 2.75) is 33.0 Å². The topological polar surface area (TPSA) is 34.1 Å². The van der Waals surface area contributed by atoms with Gasteiger partial charge in [-0.3, -0.25) is 4.98 Å². The lowest BCUT2D eigenvalue weighted by Gasteiger charge is -2.17. The fourth-order valence-electron chi connectivity index (χ4n) is 1.95. The van der Waals surface area contributed by atoms with Gasteiger partial charge in [-0.15, -0.1) is 0 Å². The molecule has 1 aromatic heterocycles. The third-order valence-corrected chi connectivity index (χ3v) is 3.33. The molecule has 0 spiro atoms. The molecule has 0 fully saturated rings. The molecule has 0 aliphatic rings. The van der Waals surface area contributed by atoms with E-state index in [0.717, 1.165) is 12.1 Å². The van der Waals surface area contributed by atoms with Crippen molar-refractivity contribution in [2.24, 2.45) is 0 Å². The Morgan fingerprint density at radius 2 is 1.86 bits per heavy atom. The van der Waals surface area contributed by atoms with Crippen LogP contribution in [0.4, 0.5) is 0 Å². The largest absolute Gasteiger partial charge is 0.489 e. The molecule has 1 N–H and O–H groups in total. The van der Waals surface area contributed by atoms with E-state index in [-0.39, 0.29) is 6.10 Å². The van der Waals surface area contributed by atoms with E-state index in [9.17, 15) is 0 Å². The predicted octanol–water partition coefficient (Wildman–Crippen LogP) is 4.47. The molecule has 0 amide bonds. The third-order valence-electron chi connectivity index (χ3n) is 2.83. The van der Waals surface area contributed by atoms with Crippen LogP contribution in [0.5, 0.6) is 5.75 Å². The summed E-state index contributed by atoms with van der Waals surface area (Å²) in [5.41, 5.74) is 2.12. The number of nitrogens with one attached hydrogen (secondary N) is 1. The molecule has 0 saturated carbocycles. The number of rotatable bonds is 6. The van der Waals surface area contributed by atoms with E-state index in [0.29, 0.717) is 22.3 Å². The summed E-state index contributed by atoms with van der Waals surface area (Å²) >= 11 is 12.3. The average Bonchev–Trinajstić information content (AvgIpc) is 2.43. The van der Waals surface area contributed by atoms with Gasteiger partial charge in [0.05, 0.1) is 11.1 Å². The van der Waals surface area contributed by atoms with Gasteiger partial charge in [-0.05, 0) is 43.7 Å². The maximum Gasteiger partial charge on any atom is 0.142 e. The van der Waals surface area contributed by atoms with Crippen LogP contribution in [0.1, 0.15) is 25.0 Å². The van der Waals surface area contributed by atoms with Gasteiger partial charge in [-0.25, -0.2) is 0 Å². The number of benzene rings is 1. The van der Waals surface area contributed by atoms with Gasteiger partial charge in [0.25, 0.3) is 0 Å². The van der Waals surface area contributed by atoms with Crippen LogP contribution in [0.25, 0.3) is 0 Å². The minimum atomic E-state index is 0.0580. The van der Waals surface area contributed by atoms with Crippen molar-refractivity contribution in [2.75, 3.05) is 0 Å². The van der Waals surface area contributed by atoms with E-state index in [1.54, 1.807) is 18.5 Å². The number of halogens is 2. The lowest BCUT2D eigenvalue weighted by molar-refractivity contribution is 0.239. The summed E-state index contributed by atoms with van der Waals surface area (Å²) in [7, 11) is 0. The average molecular weight is 325 g/mol. The molecule has 0 aliphatic carbocycles. The Hall–Kier alpha value is -1.29. The van der Waals surface area contributed by atoms with Crippen LogP contribution in [0.15, 0.2) is 36.7 Å². The van der Waals surface area contributed by atoms with E-state index in [1.165, 1.54) is 5.56 Å². The van der Waals surface area contributed by atoms with Gasteiger partial charge in [-0.2, -0.15) is 0 Å². The Morgan fingerprint density at radius 1 is 1.14 bits per heavy atom. The summed E-state index contributed by atoms with van der Waals surface area (Å²) < 4.78 is 5.79. The smallest absolute Gasteiger partial charge is 0.142 e. The predicted molar refractivity (Wildman–Crippen MR) is 87.0 cm³/mol. The highest BCUT2D eigenvalue weighted by atomic mass is 35.5. The fourth-order valence-corrected chi connectivity index (χ4v) is 2.53. The van der Waals surface area contributed by atoms with Crippen molar-refractivity contribution in [3.8, 4) is 5.75 Å². The maximum atomic E-state index is 6.23. The van der Waals surface area contributed by atoms with Crippen LogP contribution in [0.3, 0.4) is 0 Å². The number of hydrogen-bond donors (Lipinski definition) is 1. The molecule has 0 unspecified atom stereocenters. The number of aromatic nitrogens is 1. The highest BCUT2D eigenvalue weighted by Gasteiger charge is 2.12. The van der Waals surface area contributed by atoms with Crippen molar-refractivity contribution >= 4 is 23.2 Å².